The van der Waals surface area contributed by atoms with E-state index in [0.29, 0.717) is 0 Å². The van der Waals surface area contributed by atoms with E-state index >= 15 is 0 Å². The van der Waals surface area contributed by atoms with E-state index in [1.54, 1.807) is 0 Å². The van der Waals surface area contributed by atoms with Gasteiger partial charge in [0.2, 0.25) is 0 Å². The molecule has 0 unspecified atom stereocenters. The van der Waals surface area contributed by atoms with Gasteiger partial charge in [-0.25, -0.2) is 0 Å². The van der Waals surface area contributed by atoms with Crippen molar-refractivity contribution in [2.75, 3.05) is 4.90 Å². The SMILES string of the molecule is CC1(C)c2ccccc2-c2ccc(-c3ccc(N(c4ccc(-c5cc6c7ccccc7n7c8ccccc8c(c5)c67)cc4)c4ccc(-n5c6ccccc6c6ccccc65)cc4)cc3)cc21. The van der Waals surface area contributed by atoms with Crippen LogP contribution in [0.3, 0.4) is 0 Å². The average Bonchev–Trinajstić information content (AvgIpc) is 4.07. The summed E-state index contributed by atoms with van der Waals surface area (Å²) in [5.74, 6) is 0. The molecule has 0 spiro atoms. The van der Waals surface area contributed by atoms with Gasteiger partial charge in [-0.2, -0.15) is 0 Å². The van der Waals surface area contributed by atoms with E-state index < -0.39 is 0 Å². The summed E-state index contributed by atoms with van der Waals surface area (Å²) >= 11 is 0. The Kier molecular flexibility index (Phi) is 7.74. The van der Waals surface area contributed by atoms with E-state index in [0.717, 1.165) is 22.7 Å². The number of hydrogen-bond donors (Lipinski definition) is 0. The topological polar surface area (TPSA) is 12.6 Å². The van der Waals surface area contributed by atoms with Crippen LogP contribution in [-0.2, 0) is 5.41 Å². The van der Waals surface area contributed by atoms with Crippen molar-refractivity contribution < 1.29 is 0 Å². The van der Waals surface area contributed by atoms with Gasteiger partial charge in [-0.3, -0.25) is 0 Å². The Labute approximate surface area is 383 Å². The molecule has 0 bridgehead atoms. The molecule has 0 amide bonds. The summed E-state index contributed by atoms with van der Waals surface area (Å²) in [7, 11) is 0. The molecule has 3 heterocycles. The van der Waals surface area contributed by atoms with Gasteiger partial charge in [-0.15, -0.1) is 0 Å². The lowest BCUT2D eigenvalue weighted by molar-refractivity contribution is 0.660. The predicted octanol–water partition coefficient (Wildman–Crippen LogP) is 17.0. The van der Waals surface area contributed by atoms with Crippen LogP contribution in [0.5, 0.6) is 0 Å². The van der Waals surface area contributed by atoms with Crippen molar-refractivity contribution in [3.8, 4) is 39.1 Å². The van der Waals surface area contributed by atoms with Crippen molar-refractivity contribution in [3.05, 3.63) is 236 Å². The number of anilines is 3. The summed E-state index contributed by atoms with van der Waals surface area (Å²) in [4.78, 5) is 2.39. The first-order chi connectivity index (χ1) is 32.5. The second-order valence-corrected chi connectivity index (χ2v) is 18.5. The molecule has 13 aromatic rings. The normalized spacial score (nSPS) is 13.1. The summed E-state index contributed by atoms with van der Waals surface area (Å²) in [5, 5.41) is 7.68. The Bertz CT molecular complexity index is 3920. The minimum Gasteiger partial charge on any atom is -0.311 e. The highest BCUT2D eigenvalue weighted by Crippen LogP contribution is 2.50. The molecule has 1 aliphatic carbocycles. The Morgan fingerprint density at radius 3 is 1.32 bits per heavy atom. The zero-order valence-electron chi connectivity index (χ0n) is 36.7. The van der Waals surface area contributed by atoms with E-state index in [1.807, 2.05) is 0 Å². The molecule has 66 heavy (non-hydrogen) atoms. The molecule has 0 aliphatic heterocycles. The fraction of sp³-hybridized carbons (Fsp3) is 0.0476. The third kappa shape index (κ3) is 5.26. The molecule has 0 fully saturated rings. The summed E-state index contributed by atoms with van der Waals surface area (Å²) < 4.78 is 4.83. The van der Waals surface area contributed by atoms with Gasteiger partial charge in [-0.1, -0.05) is 147 Å². The molecule has 0 saturated heterocycles. The van der Waals surface area contributed by atoms with Gasteiger partial charge in [0, 0.05) is 60.5 Å². The number of para-hydroxylation sites is 4. The van der Waals surface area contributed by atoms with Crippen LogP contribution in [0, 0.1) is 0 Å². The third-order valence-corrected chi connectivity index (χ3v) is 14.7. The zero-order chi connectivity index (χ0) is 43.7. The third-order valence-electron chi connectivity index (χ3n) is 14.7. The van der Waals surface area contributed by atoms with Crippen LogP contribution in [0.2, 0.25) is 0 Å². The first-order valence-electron chi connectivity index (χ1n) is 23.0. The average molecular weight is 842 g/mol. The zero-order valence-corrected chi connectivity index (χ0v) is 36.7. The van der Waals surface area contributed by atoms with Crippen LogP contribution in [0.1, 0.15) is 25.0 Å². The largest absolute Gasteiger partial charge is 0.311 e. The Morgan fingerprint density at radius 2 is 0.758 bits per heavy atom. The number of nitrogens with zero attached hydrogens (tertiary/aromatic N) is 3. The molecule has 3 nitrogen and oxygen atoms in total. The van der Waals surface area contributed by atoms with Crippen LogP contribution in [0.4, 0.5) is 17.1 Å². The molecule has 10 aromatic carbocycles. The maximum atomic E-state index is 2.45. The van der Waals surface area contributed by atoms with Gasteiger partial charge < -0.3 is 13.9 Å². The lowest BCUT2D eigenvalue weighted by Crippen LogP contribution is -2.14. The van der Waals surface area contributed by atoms with Gasteiger partial charge in [0.05, 0.1) is 27.6 Å². The number of aromatic nitrogens is 2. The molecule has 3 heteroatoms. The lowest BCUT2D eigenvalue weighted by atomic mass is 9.81. The first-order valence-corrected chi connectivity index (χ1v) is 23.0. The maximum absolute atomic E-state index is 2.45. The summed E-state index contributed by atoms with van der Waals surface area (Å²) in [6, 6.07) is 83.1. The minimum atomic E-state index is -0.0525. The van der Waals surface area contributed by atoms with Crippen molar-refractivity contribution in [1.82, 2.24) is 8.97 Å². The predicted molar refractivity (Wildman–Crippen MR) is 279 cm³/mol. The highest BCUT2D eigenvalue weighted by molar-refractivity contribution is 6.24. The lowest BCUT2D eigenvalue weighted by Gasteiger charge is -2.26. The quantitative estimate of drug-likeness (QED) is 0.162. The van der Waals surface area contributed by atoms with Crippen LogP contribution in [-0.4, -0.2) is 8.97 Å². The smallest absolute Gasteiger partial charge is 0.0620 e. The van der Waals surface area contributed by atoms with E-state index in [4.69, 9.17) is 0 Å². The van der Waals surface area contributed by atoms with Crippen molar-refractivity contribution in [1.29, 1.82) is 0 Å². The number of hydrogen-bond acceptors (Lipinski definition) is 1. The monoisotopic (exact) mass is 841 g/mol. The van der Waals surface area contributed by atoms with E-state index in [1.165, 1.54) is 104 Å². The maximum Gasteiger partial charge on any atom is 0.0620 e. The molecule has 310 valence electrons. The van der Waals surface area contributed by atoms with Crippen molar-refractivity contribution in [3.63, 3.8) is 0 Å². The van der Waals surface area contributed by atoms with Crippen LogP contribution < -0.4 is 4.90 Å². The molecule has 1 aliphatic rings. The van der Waals surface area contributed by atoms with Crippen LogP contribution in [0.25, 0.3) is 99.0 Å². The standard InChI is InChI=1S/C63H43N3/c1-63(2)56-18-8-3-13-48(56)49-36-27-42(39-57(49)63)40-23-28-44(29-24-40)64(46-32-34-47(35-33-46)65-58-19-9-4-14-50(58)51-15-5-10-20-59(51)65)45-30-25-41(26-31-45)43-37-54-52-16-6-11-21-60(52)66-61-22-12-7-17-53(61)55(38-43)62(54)66/h3-39H,1-2H3. The highest BCUT2D eigenvalue weighted by Gasteiger charge is 2.35. The van der Waals surface area contributed by atoms with Gasteiger partial charge in [-0.05, 0) is 136 Å². The van der Waals surface area contributed by atoms with Gasteiger partial charge >= 0.3 is 0 Å². The molecule has 0 radical (unpaired) electrons. The van der Waals surface area contributed by atoms with Crippen LogP contribution in [0.15, 0.2) is 224 Å². The van der Waals surface area contributed by atoms with Crippen molar-refractivity contribution >= 4 is 77.0 Å². The van der Waals surface area contributed by atoms with Crippen molar-refractivity contribution in [2.24, 2.45) is 0 Å². The summed E-state index contributed by atoms with van der Waals surface area (Å²) in [5.41, 5.74) is 20.9. The second-order valence-electron chi connectivity index (χ2n) is 18.5. The fourth-order valence-electron chi connectivity index (χ4n) is 11.5. The van der Waals surface area contributed by atoms with E-state index in [2.05, 4.69) is 252 Å². The second kappa shape index (κ2) is 13.8. The summed E-state index contributed by atoms with van der Waals surface area (Å²) in [6.07, 6.45) is 0. The number of rotatable bonds is 6. The Hall–Kier alpha value is -8.40. The summed E-state index contributed by atoms with van der Waals surface area (Å²) in [6.45, 7) is 4.70. The van der Waals surface area contributed by atoms with Crippen molar-refractivity contribution in [2.45, 2.75) is 19.3 Å². The van der Waals surface area contributed by atoms with Gasteiger partial charge in [0.15, 0.2) is 0 Å². The minimum absolute atomic E-state index is 0.0525. The van der Waals surface area contributed by atoms with E-state index in [-0.39, 0.29) is 5.41 Å². The Balaban J connectivity index is 0.879. The van der Waals surface area contributed by atoms with E-state index in [9.17, 15) is 0 Å². The molecule has 3 aromatic heterocycles. The van der Waals surface area contributed by atoms with Gasteiger partial charge in [0.1, 0.15) is 0 Å². The molecule has 0 N–H and O–H groups in total. The number of benzene rings is 10. The molecular formula is C63H43N3. The molecule has 0 saturated carbocycles. The first kappa shape index (κ1) is 37.0. The molecular weight excluding hydrogens is 799 g/mol. The van der Waals surface area contributed by atoms with Gasteiger partial charge in [0.25, 0.3) is 0 Å². The molecule has 0 atom stereocenters. The highest BCUT2D eigenvalue weighted by atomic mass is 15.1. The Morgan fingerprint density at radius 1 is 0.333 bits per heavy atom. The fourth-order valence-corrected chi connectivity index (χ4v) is 11.5. The number of fused-ring (bicyclic) bond motifs is 12. The van der Waals surface area contributed by atoms with Crippen LogP contribution >= 0.6 is 0 Å². The molecule has 14 rings (SSSR count).